The molecule has 3 nitrogen and oxygen atoms in total. The Morgan fingerprint density at radius 2 is 2.53 bits per heavy atom. The predicted octanol–water partition coefficient (Wildman–Crippen LogP) is 3.46. The van der Waals surface area contributed by atoms with Crippen molar-refractivity contribution in [3.8, 4) is 0 Å². The molecule has 0 spiro atoms. The van der Waals surface area contributed by atoms with Crippen LogP contribution in [0.1, 0.15) is 29.5 Å². The van der Waals surface area contributed by atoms with Gasteiger partial charge in [-0.25, -0.2) is 4.98 Å². The molecule has 2 aromatic heterocycles. The van der Waals surface area contributed by atoms with Crippen LogP contribution >= 0.6 is 22.9 Å². The molecule has 1 aliphatic heterocycles. The molecule has 1 fully saturated rings. The van der Waals surface area contributed by atoms with Crippen LogP contribution in [0, 0.1) is 0 Å². The molecule has 1 N–H and O–H groups in total. The Morgan fingerprint density at radius 1 is 1.59 bits per heavy atom. The summed E-state index contributed by atoms with van der Waals surface area (Å²) in [5.41, 5.74) is 1.32. The first-order valence-electron chi connectivity index (χ1n) is 5.80. The van der Waals surface area contributed by atoms with E-state index in [9.17, 15) is 0 Å². The quantitative estimate of drug-likeness (QED) is 0.924. The fourth-order valence-electron chi connectivity index (χ4n) is 2.48. The van der Waals surface area contributed by atoms with Gasteiger partial charge < -0.3 is 4.98 Å². The molecular weight excluding hydrogens is 254 g/mol. The molecule has 17 heavy (non-hydrogen) atoms. The zero-order valence-electron chi connectivity index (χ0n) is 9.40. The van der Waals surface area contributed by atoms with E-state index in [1.54, 1.807) is 11.3 Å². The SMILES string of the molecule is Clc1ncc(CN2CCCC2c2ccc[nH]2)s1. The van der Waals surface area contributed by atoms with Crippen LogP contribution in [0.4, 0.5) is 0 Å². The standard InChI is InChI=1S/C12H14ClN3S/c13-12-15-7-9(17-12)8-16-6-2-4-11(16)10-3-1-5-14-10/h1,3,5,7,11,14H,2,4,6,8H2. The molecule has 0 aliphatic carbocycles. The van der Waals surface area contributed by atoms with Gasteiger partial charge in [0.25, 0.3) is 0 Å². The molecule has 1 aliphatic rings. The zero-order chi connectivity index (χ0) is 11.7. The maximum absolute atomic E-state index is 5.86. The van der Waals surface area contributed by atoms with Gasteiger partial charge in [-0.05, 0) is 31.5 Å². The number of halogens is 1. The molecule has 0 aromatic carbocycles. The van der Waals surface area contributed by atoms with Gasteiger partial charge in [-0.15, -0.1) is 11.3 Å². The minimum Gasteiger partial charge on any atom is -0.364 e. The summed E-state index contributed by atoms with van der Waals surface area (Å²) in [5.74, 6) is 0. The van der Waals surface area contributed by atoms with Crippen molar-refractivity contribution in [2.45, 2.75) is 25.4 Å². The third-order valence-corrected chi connectivity index (χ3v) is 4.33. The molecule has 0 radical (unpaired) electrons. The number of aromatic nitrogens is 2. The van der Waals surface area contributed by atoms with Crippen LogP contribution in [-0.4, -0.2) is 21.4 Å². The van der Waals surface area contributed by atoms with E-state index >= 15 is 0 Å². The van der Waals surface area contributed by atoms with Crippen molar-refractivity contribution in [3.05, 3.63) is 39.6 Å². The van der Waals surface area contributed by atoms with Crippen molar-refractivity contribution in [2.75, 3.05) is 6.54 Å². The highest BCUT2D eigenvalue weighted by molar-refractivity contribution is 7.15. The molecule has 5 heteroatoms. The molecule has 0 saturated carbocycles. The van der Waals surface area contributed by atoms with Crippen molar-refractivity contribution in [1.82, 2.24) is 14.9 Å². The summed E-state index contributed by atoms with van der Waals surface area (Å²) < 4.78 is 0.635. The average Bonchev–Trinajstić information content (AvgIpc) is 3.00. The Balaban J connectivity index is 1.74. The first-order valence-corrected chi connectivity index (χ1v) is 7.00. The normalized spacial score (nSPS) is 21.1. The van der Waals surface area contributed by atoms with Gasteiger partial charge in [0, 0.05) is 29.5 Å². The molecule has 1 saturated heterocycles. The average molecular weight is 268 g/mol. The van der Waals surface area contributed by atoms with E-state index < -0.39 is 0 Å². The first-order chi connectivity index (χ1) is 8.33. The second kappa shape index (κ2) is 4.80. The molecule has 1 atom stereocenters. The van der Waals surface area contributed by atoms with E-state index in [0.717, 1.165) is 13.1 Å². The zero-order valence-corrected chi connectivity index (χ0v) is 11.0. The molecule has 1 unspecified atom stereocenters. The largest absolute Gasteiger partial charge is 0.364 e. The summed E-state index contributed by atoms with van der Waals surface area (Å²) in [7, 11) is 0. The van der Waals surface area contributed by atoms with Crippen LogP contribution < -0.4 is 0 Å². The minimum absolute atomic E-state index is 0.519. The van der Waals surface area contributed by atoms with Crippen molar-refractivity contribution in [3.63, 3.8) is 0 Å². The Hall–Kier alpha value is -0.840. The van der Waals surface area contributed by atoms with Crippen LogP contribution in [0.15, 0.2) is 24.5 Å². The lowest BCUT2D eigenvalue weighted by molar-refractivity contribution is 0.247. The first kappa shape index (κ1) is 11.3. The Morgan fingerprint density at radius 3 is 3.24 bits per heavy atom. The van der Waals surface area contributed by atoms with Crippen LogP contribution in [0.2, 0.25) is 4.47 Å². The Labute approximate surface area is 109 Å². The Kier molecular flexibility index (Phi) is 3.18. The summed E-state index contributed by atoms with van der Waals surface area (Å²) in [6.07, 6.45) is 6.37. The van der Waals surface area contributed by atoms with Gasteiger partial charge in [0.05, 0.1) is 6.04 Å². The number of hydrogen-bond donors (Lipinski definition) is 1. The van der Waals surface area contributed by atoms with Crippen LogP contribution in [0.25, 0.3) is 0 Å². The third-order valence-electron chi connectivity index (χ3n) is 3.23. The lowest BCUT2D eigenvalue weighted by Gasteiger charge is -2.22. The molecule has 0 amide bonds. The molecular formula is C12H14ClN3S. The maximum atomic E-state index is 5.86. The van der Waals surface area contributed by atoms with E-state index in [2.05, 4.69) is 27.0 Å². The number of nitrogens with one attached hydrogen (secondary N) is 1. The second-order valence-corrected chi connectivity index (χ2v) is 6.03. The van der Waals surface area contributed by atoms with Gasteiger partial charge >= 0.3 is 0 Å². The summed E-state index contributed by atoms with van der Waals surface area (Å²) >= 11 is 7.44. The van der Waals surface area contributed by atoms with E-state index in [-0.39, 0.29) is 0 Å². The van der Waals surface area contributed by atoms with Crippen molar-refractivity contribution in [2.24, 2.45) is 0 Å². The lowest BCUT2D eigenvalue weighted by atomic mass is 10.1. The lowest BCUT2D eigenvalue weighted by Crippen LogP contribution is -2.22. The van der Waals surface area contributed by atoms with Crippen molar-refractivity contribution in [1.29, 1.82) is 0 Å². The smallest absolute Gasteiger partial charge is 0.183 e. The number of H-pyrrole nitrogens is 1. The number of nitrogens with zero attached hydrogens (tertiary/aromatic N) is 2. The third kappa shape index (κ3) is 2.39. The molecule has 90 valence electrons. The summed E-state index contributed by atoms with van der Waals surface area (Å²) in [5, 5.41) is 0. The van der Waals surface area contributed by atoms with Crippen molar-refractivity contribution < 1.29 is 0 Å². The number of likely N-dealkylation sites (tertiary alicyclic amines) is 1. The fourth-order valence-corrected chi connectivity index (χ4v) is 3.48. The summed E-state index contributed by atoms with van der Waals surface area (Å²) in [6, 6.07) is 4.75. The van der Waals surface area contributed by atoms with E-state index in [1.165, 1.54) is 23.4 Å². The Bertz CT molecular complexity index is 480. The molecule has 2 aromatic rings. The van der Waals surface area contributed by atoms with Crippen molar-refractivity contribution >= 4 is 22.9 Å². The van der Waals surface area contributed by atoms with Crippen LogP contribution in [-0.2, 0) is 6.54 Å². The molecule has 3 rings (SSSR count). The summed E-state index contributed by atoms with van der Waals surface area (Å²) in [4.78, 5) is 11.2. The highest BCUT2D eigenvalue weighted by Gasteiger charge is 2.26. The van der Waals surface area contributed by atoms with E-state index in [4.69, 9.17) is 11.6 Å². The molecule has 0 bridgehead atoms. The van der Waals surface area contributed by atoms with E-state index in [0.29, 0.717) is 10.5 Å². The number of thiazole rings is 1. The van der Waals surface area contributed by atoms with Crippen LogP contribution in [0.5, 0.6) is 0 Å². The van der Waals surface area contributed by atoms with Gasteiger partial charge in [0.1, 0.15) is 0 Å². The number of aromatic amines is 1. The van der Waals surface area contributed by atoms with Crippen LogP contribution in [0.3, 0.4) is 0 Å². The maximum Gasteiger partial charge on any atom is 0.183 e. The van der Waals surface area contributed by atoms with E-state index in [1.807, 2.05) is 12.4 Å². The van der Waals surface area contributed by atoms with Gasteiger partial charge in [-0.2, -0.15) is 0 Å². The number of rotatable bonds is 3. The second-order valence-electron chi connectivity index (χ2n) is 4.33. The van der Waals surface area contributed by atoms with Gasteiger partial charge in [0.2, 0.25) is 0 Å². The van der Waals surface area contributed by atoms with Gasteiger partial charge in [-0.3, -0.25) is 4.90 Å². The van der Waals surface area contributed by atoms with Gasteiger partial charge in [-0.1, -0.05) is 11.6 Å². The molecule has 3 heterocycles. The minimum atomic E-state index is 0.519. The summed E-state index contributed by atoms with van der Waals surface area (Å²) in [6.45, 7) is 2.10. The highest BCUT2D eigenvalue weighted by Crippen LogP contribution is 2.33. The predicted molar refractivity (Wildman–Crippen MR) is 70.3 cm³/mol. The van der Waals surface area contributed by atoms with Gasteiger partial charge in [0.15, 0.2) is 4.47 Å². The fraction of sp³-hybridized carbons (Fsp3) is 0.417. The highest BCUT2D eigenvalue weighted by atomic mass is 35.5. The number of hydrogen-bond acceptors (Lipinski definition) is 3. The monoisotopic (exact) mass is 267 g/mol. The topological polar surface area (TPSA) is 31.9 Å².